The van der Waals surface area contributed by atoms with Crippen molar-refractivity contribution in [3.8, 4) is 11.8 Å². The summed E-state index contributed by atoms with van der Waals surface area (Å²) in [5, 5.41) is 9.12. The zero-order valence-corrected chi connectivity index (χ0v) is 10.8. The second-order valence-electron chi connectivity index (χ2n) is 4.14. The zero-order valence-electron chi connectivity index (χ0n) is 10.8. The van der Waals surface area contributed by atoms with Crippen molar-refractivity contribution in [1.29, 1.82) is 5.26 Å². The number of nitriles is 1. The predicted octanol–water partition coefficient (Wildman–Crippen LogP) is 3.49. The maximum absolute atomic E-state index is 10.9. The number of aldehydes is 1. The van der Waals surface area contributed by atoms with E-state index in [2.05, 4.69) is 6.07 Å². The largest absolute Gasteiger partial charge is 0.487 e. The van der Waals surface area contributed by atoms with Crippen molar-refractivity contribution in [3.05, 3.63) is 71.3 Å². The molecule has 3 nitrogen and oxygen atoms in total. The first kappa shape index (κ1) is 13.6. The molecule has 2 aromatic carbocycles. The summed E-state index contributed by atoms with van der Waals surface area (Å²) in [6.07, 6.45) is 2.51. The van der Waals surface area contributed by atoms with Gasteiger partial charge in [0.15, 0.2) is 6.29 Å². The normalized spacial score (nSPS) is 10.7. The van der Waals surface area contributed by atoms with Crippen LogP contribution in [0.25, 0.3) is 6.08 Å². The molecule has 0 aromatic heterocycles. The van der Waals surface area contributed by atoms with Gasteiger partial charge in [-0.25, -0.2) is 0 Å². The molecule has 2 aromatic rings. The molecule has 0 radical (unpaired) electrons. The number of carbonyl (C=O) groups excluding carboxylic acids is 1. The van der Waals surface area contributed by atoms with Crippen molar-refractivity contribution in [3.63, 3.8) is 0 Å². The van der Waals surface area contributed by atoms with Crippen molar-refractivity contribution in [1.82, 2.24) is 0 Å². The summed E-state index contributed by atoms with van der Waals surface area (Å²) in [6.45, 7) is 0.135. The highest BCUT2D eigenvalue weighted by molar-refractivity contribution is 5.79. The highest BCUT2D eigenvalue weighted by atomic mass is 16.5. The third-order valence-electron chi connectivity index (χ3n) is 2.71. The van der Waals surface area contributed by atoms with Crippen molar-refractivity contribution >= 4 is 12.4 Å². The number of para-hydroxylation sites is 1. The molecule has 20 heavy (non-hydrogen) atoms. The van der Waals surface area contributed by atoms with E-state index in [9.17, 15) is 4.79 Å². The molecule has 0 aliphatic heterocycles. The molecule has 98 valence electrons. The first-order valence-electron chi connectivity index (χ1n) is 6.16. The molecular weight excluding hydrogens is 250 g/mol. The molecular formula is C17H13NO2. The smallest absolute Gasteiger partial charge is 0.153 e. The quantitative estimate of drug-likeness (QED) is 0.613. The van der Waals surface area contributed by atoms with Crippen LogP contribution in [0.2, 0.25) is 0 Å². The highest BCUT2D eigenvalue weighted by Crippen LogP contribution is 2.17. The number of nitrogens with zero attached hydrogens (tertiary/aromatic N) is 1. The SMILES string of the molecule is N#CC(=Cc1ccccc1)COc1ccccc1C=O. The van der Waals surface area contributed by atoms with Gasteiger partial charge in [-0.15, -0.1) is 0 Å². The van der Waals surface area contributed by atoms with Crippen LogP contribution in [0, 0.1) is 11.3 Å². The molecule has 3 heteroatoms. The molecule has 0 fully saturated rings. The minimum absolute atomic E-state index is 0.135. The lowest BCUT2D eigenvalue weighted by Crippen LogP contribution is -2.01. The van der Waals surface area contributed by atoms with E-state index in [-0.39, 0.29) is 6.61 Å². The van der Waals surface area contributed by atoms with Gasteiger partial charge in [0.25, 0.3) is 0 Å². The Morgan fingerprint density at radius 3 is 2.50 bits per heavy atom. The summed E-state index contributed by atoms with van der Waals surface area (Å²) >= 11 is 0. The van der Waals surface area contributed by atoms with Crippen LogP contribution in [0.15, 0.2) is 60.2 Å². The topological polar surface area (TPSA) is 50.1 Å². The number of rotatable bonds is 5. The van der Waals surface area contributed by atoms with Gasteiger partial charge >= 0.3 is 0 Å². The molecule has 0 saturated carbocycles. The van der Waals surface area contributed by atoms with Gasteiger partial charge in [0.1, 0.15) is 12.4 Å². The molecule has 0 unspecified atom stereocenters. The summed E-state index contributed by atoms with van der Waals surface area (Å²) < 4.78 is 5.53. The molecule has 0 atom stereocenters. The Hall–Kier alpha value is -2.86. The maximum Gasteiger partial charge on any atom is 0.153 e. The van der Waals surface area contributed by atoms with Gasteiger partial charge in [0.2, 0.25) is 0 Å². The van der Waals surface area contributed by atoms with Crippen molar-refractivity contribution in [2.75, 3.05) is 6.61 Å². The van der Waals surface area contributed by atoms with E-state index in [0.29, 0.717) is 16.9 Å². The van der Waals surface area contributed by atoms with E-state index in [1.807, 2.05) is 30.3 Å². The molecule has 0 aliphatic rings. The first-order valence-corrected chi connectivity index (χ1v) is 6.16. The Morgan fingerprint density at radius 1 is 1.10 bits per heavy atom. The van der Waals surface area contributed by atoms with Crippen LogP contribution in [-0.4, -0.2) is 12.9 Å². The van der Waals surface area contributed by atoms with Crippen LogP contribution in [0.1, 0.15) is 15.9 Å². The average molecular weight is 263 g/mol. The number of benzene rings is 2. The van der Waals surface area contributed by atoms with Gasteiger partial charge in [-0.3, -0.25) is 4.79 Å². The van der Waals surface area contributed by atoms with E-state index in [4.69, 9.17) is 10.00 Å². The lowest BCUT2D eigenvalue weighted by atomic mass is 10.1. The van der Waals surface area contributed by atoms with Crippen molar-refractivity contribution in [2.45, 2.75) is 0 Å². The Kier molecular flexibility index (Phi) is 4.69. The van der Waals surface area contributed by atoms with E-state index < -0.39 is 0 Å². The Labute approximate surface area is 117 Å². The van der Waals surface area contributed by atoms with Gasteiger partial charge < -0.3 is 4.74 Å². The van der Waals surface area contributed by atoms with Gasteiger partial charge in [0.05, 0.1) is 17.2 Å². The molecule has 0 N–H and O–H groups in total. The van der Waals surface area contributed by atoms with E-state index in [1.165, 1.54) is 0 Å². The molecule has 0 heterocycles. The van der Waals surface area contributed by atoms with Crippen LogP contribution in [0.5, 0.6) is 5.75 Å². The number of hydrogen-bond donors (Lipinski definition) is 0. The first-order chi connectivity index (χ1) is 9.83. The van der Waals surface area contributed by atoms with Crippen LogP contribution in [0.3, 0.4) is 0 Å². The molecule has 0 bridgehead atoms. The second kappa shape index (κ2) is 6.91. The fourth-order valence-electron chi connectivity index (χ4n) is 1.72. The summed E-state index contributed by atoms with van der Waals surface area (Å²) in [5.41, 5.74) is 1.91. The summed E-state index contributed by atoms with van der Waals surface area (Å²) in [7, 11) is 0. The molecule has 0 saturated heterocycles. The zero-order chi connectivity index (χ0) is 14.2. The van der Waals surface area contributed by atoms with Crippen LogP contribution in [0.4, 0.5) is 0 Å². The fourth-order valence-corrected chi connectivity index (χ4v) is 1.72. The van der Waals surface area contributed by atoms with Crippen molar-refractivity contribution < 1.29 is 9.53 Å². The monoisotopic (exact) mass is 263 g/mol. The third-order valence-corrected chi connectivity index (χ3v) is 2.71. The number of carbonyl (C=O) groups is 1. The van der Waals surface area contributed by atoms with Crippen LogP contribution < -0.4 is 4.74 Å². The van der Waals surface area contributed by atoms with Gasteiger partial charge in [-0.1, -0.05) is 42.5 Å². The maximum atomic E-state index is 10.9. The van der Waals surface area contributed by atoms with E-state index in [1.54, 1.807) is 30.3 Å². The number of hydrogen-bond acceptors (Lipinski definition) is 3. The molecule has 0 aliphatic carbocycles. The Bertz CT molecular complexity index is 654. The summed E-state index contributed by atoms with van der Waals surface area (Å²) in [5.74, 6) is 0.483. The number of ether oxygens (including phenoxy) is 1. The molecule has 2 rings (SSSR count). The standard InChI is InChI=1S/C17H13NO2/c18-11-15(10-14-6-2-1-3-7-14)13-20-17-9-5-4-8-16(17)12-19/h1-10,12H,13H2. The van der Waals surface area contributed by atoms with Crippen LogP contribution >= 0.6 is 0 Å². The lowest BCUT2D eigenvalue weighted by Gasteiger charge is -2.07. The van der Waals surface area contributed by atoms with Gasteiger partial charge in [0, 0.05) is 0 Å². The Morgan fingerprint density at radius 2 is 1.80 bits per heavy atom. The van der Waals surface area contributed by atoms with E-state index in [0.717, 1.165) is 11.8 Å². The minimum Gasteiger partial charge on any atom is -0.487 e. The Balaban J connectivity index is 2.10. The fraction of sp³-hybridized carbons (Fsp3) is 0.0588. The summed E-state index contributed by atoms with van der Waals surface area (Å²) in [6, 6.07) is 18.6. The van der Waals surface area contributed by atoms with Crippen LogP contribution in [-0.2, 0) is 0 Å². The van der Waals surface area contributed by atoms with Gasteiger partial charge in [-0.2, -0.15) is 5.26 Å². The van der Waals surface area contributed by atoms with Gasteiger partial charge in [-0.05, 0) is 23.8 Å². The molecule has 0 spiro atoms. The lowest BCUT2D eigenvalue weighted by molar-refractivity contribution is 0.112. The third kappa shape index (κ3) is 3.56. The average Bonchev–Trinajstić information content (AvgIpc) is 2.52. The highest BCUT2D eigenvalue weighted by Gasteiger charge is 2.03. The van der Waals surface area contributed by atoms with Crippen molar-refractivity contribution in [2.24, 2.45) is 0 Å². The predicted molar refractivity (Wildman–Crippen MR) is 77.4 cm³/mol. The minimum atomic E-state index is 0.135. The second-order valence-corrected chi connectivity index (χ2v) is 4.14. The molecule has 0 amide bonds. The summed E-state index contributed by atoms with van der Waals surface area (Å²) in [4.78, 5) is 10.9. The van der Waals surface area contributed by atoms with E-state index >= 15 is 0 Å².